The summed E-state index contributed by atoms with van der Waals surface area (Å²) < 4.78 is 45.9. The van der Waals surface area contributed by atoms with Crippen molar-refractivity contribution in [2.45, 2.75) is 44.7 Å². The van der Waals surface area contributed by atoms with Gasteiger partial charge in [-0.1, -0.05) is 6.92 Å². The number of benzene rings is 1. The zero-order valence-electron chi connectivity index (χ0n) is 12.2. The molecular formula is C15H20F3NO2. The first-order valence-electron chi connectivity index (χ1n) is 7.10. The predicted molar refractivity (Wildman–Crippen MR) is 73.5 cm³/mol. The molecule has 2 atom stereocenters. The number of halogens is 3. The summed E-state index contributed by atoms with van der Waals surface area (Å²) in [5, 5.41) is 0. The highest BCUT2D eigenvalue weighted by Gasteiger charge is 2.31. The Kier molecular flexibility index (Phi) is 4.98. The van der Waals surface area contributed by atoms with Gasteiger partial charge in [0.05, 0.1) is 0 Å². The van der Waals surface area contributed by atoms with Gasteiger partial charge < -0.3 is 14.4 Å². The summed E-state index contributed by atoms with van der Waals surface area (Å²) >= 11 is 0. The van der Waals surface area contributed by atoms with E-state index in [1.807, 2.05) is 0 Å². The van der Waals surface area contributed by atoms with Gasteiger partial charge in [0.2, 0.25) is 0 Å². The van der Waals surface area contributed by atoms with Crippen molar-refractivity contribution in [3.8, 4) is 11.5 Å². The van der Waals surface area contributed by atoms with Crippen molar-refractivity contribution in [1.29, 1.82) is 0 Å². The molecule has 0 saturated carbocycles. The predicted octanol–water partition coefficient (Wildman–Crippen LogP) is 3.84. The van der Waals surface area contributed by atoms with Crippen LogP contribution in [0.4, 0.5) is 13.2 Å². The standard InChI is InChI=1S/C15H20F3NO2/c1-3-11-10-14(8-9-19(11)2)20-12-4-6-13(7-5-12)21-15(16,17)18/h4-7,11,14H,3,8-10H2,1-2H3/t11-,14-/m1/s1. The molecule has 2 rings (SSSR count). The van der Waals surface area contributed by atoms with Gasteiger partial charge in [-0.05, 0) is 50.6 Å². The minimum atomic E-state index is -4.66. The normalized spacial score (nSPS) is 23.9. The van der Waals surface area contributed by atoms with Crippen molar-refractivity contribution in [3.05, 3.63) is 24.3 Å². The molecule has 1 aromatic rings. The molecule has 118 valence electrons. The lowest BCUT2D eigenvalue weighted by atomic mass is 9.98. The maximum atomic E-state index is 12.1. The summed E-state index contributed by atoms with van der Waals surface area (Å²) in [6, 6.07) is 6.07. The summed E-state index contributed by atoms with van der Waals surface area (Å²) in [4.78, 5) is 2.32. The number of alkyl halides is 3. The third kappa shape index (κ3) is 4.81. The lowest BCUT2D eigenvalue weighted by Crippen LogP contribution is -2.43. The Morgan fingerprint density at radius 1 is 1.19 bits per heavy atom. The van der Waals surface area contributed by atoms with Crippen molar-refractivity contribution in [1.82, 2.24) is 4.90 Å². The van der Waals surface area contributed by atoms with Crippen LogP contribution in [0, 0.1) is 0 Å². The Hall–Kier alpha value is -1.43. The summed E-state index contributed by atoms with van der Waals surface area (Å²) in [5.41, 5.74) is 0. The van der Waals surface area contributed by atoms with Crippen molar-refractivity contribution in [3.63, 3.8) is 0 Å². The second-order valence-electron chi connectivity index (χ2n) is 5.33. The lowest BCUT2D eigenvalue weighted by Gasteiger charge is -2.36. The van der Waals surface area contributed by atoms with Gasteiger partial charge in [-0.3, -0.25) is 0 Å². The monoisotopic (exact) mass is 303 g/mol. The average Bonchev–Trinajstić information content (AvgIpc) is 2.41. The van der Waals surface area contributed by atoms with Gasteiger partial charge in [0.15, 0.2) is 0 Å². The Morgan fingerprint density at radius 3 is 2.38 bits per heavy atom. The zero-order chi connectivity index (χ0) is 15.5. The van der Waals surface area contributed by atoms with Gasteiger partial charge >= 0.3 is 6.36 Å². The Bertz CT molecular complexity index is 447. The molecule has 1 saturated heterocycles. The van der Waals surface area contributed by atoms with Crippen molar-refractivity contribution >= 4 is 0 Å². The number of ether oxygens (including phenoxy) is 2. The van der Waals surface area contributed by atoms with E-state index in [0.717, 1.165) is 25.8 Å². The van der Waals surface area contributed by atoms with Crippen LogP contribution < -0.4 is 9.47 Å². The maximum absolute atomic E-state index is 12.1. The number of piperidine rings is 1. The molecule has 6 heteroatoms. The molecule has 1 heterocycles. The van der Waals surface area contributed by atoms with Gasteiger partial charge in [-0.25, -0.2) is 0 Å². The SMILES string of the molecule is CC[C@@H]1C[C@H](Oc2ccc(OC(F)(F)F)cc2)CCN1C. The summed E-state index contributed by atoms with van der Waals surface area (Å²) in [5.74, 6) is 0.346. The van der Waals surface area contributed by atoms with E-state index in [0.29, 0.717) is 11.8 Å². The van der Waals surface area contributed by atoms with Crippen LogP contribution >= 0.6 is 0 Å². The van der Waals surface area contributed by atoms with Crippen molar-refractivity contribution in [2.24, 2.45) is 0 Å². The second kappa shape index (κ2) is 6.56. The van der Waals surface area contributed by atoms with Crippen LogP contribution in [0.1, 0.15) is 26.2 Å². The van der Waals surface area contributed by atoms with Crippen LogP contribution in [0.5, 0.6) is 11.5 Å². The van der Waals surface area contributed by atoms with Gasteiger partial charge in [-0.15, -0.1) is 13.2 Å². The first-order valence-corrected chi connectivity index (χ1v) is 7.10. The minimum absolute atomic E-state index is 0.112. The zero-order valence-corrected chi connectivity index (χ0v) is 12.2. The smallest absolute Gasteiger partial charge is 0.490 e. The fourth-order valence-electron chi connectivity index (χ4n) is 2.63. The molecule has 0 amide bonds. The fraction of sp³-hybridized carbons (Fsp3) is 0.600. The Balaban J connectivity index is 1.91. The molecule has 0 spiro atoms. The molecule has 21 heavy (non-hydrogen) atoms. The quantitative estimate of drug-likeness (QED) is 0.843. The topological polar surface area (TPSA) is 21.7 Å². The maximum Gasteiger partial charge on any atom is 0.573 e. The van der Waals surface area contributed by atoms with Crippen LogP contribution in [-0.2, 0) is 0 Å². The fourth-order valence-corrected chi connectivity index (χ4v) is 2.63. The molecule has 0 aliphatic carbocycles. The van der Waals surface area contributed by atoms with Crippen LogP contribution in [0.3, 0.4) is 0 Å². The Morgan fingerprint density at radius 2 is 1.81 bits per heavy atom. The van der Waals surface area contributed by atoms with Crippen LogP contribution in [0.2, 0.25) is 0 Å². The van der Waals surface area contributed by atoms with Crippen LogP contribution in [0.25, 0.3) is 0 Å². The van der Waals surface area contributed by atoms with E-state index in [1.165, 1.54) is 24.3 Å². The van der Waals surface area contributed by atoms with E-state index in [-0.39, 0.29) is 11.9 Å². The first-order chi connectivity index (χ1) is 9.87. The molecular weight excluding hydrogens is 283 g/mol. The van der Waals surface area contributed by atoms with E-state index < -0.39 is 6.36 Å². The summed E-state index contributed by atoms with van der Waals surface area (Å²) in [6.07, 6.45) is -1.62. The molecule has 3 nitrogen and oxygen atoms in total. The Labute approximate surface area is 122 Å². The molecule has 0 unspecified atom stereocenters. The number of hydrogen-bond acceptors (Lipinski definition) is 3. The van der Waals surface area contributed by atoms with Crippen LogP contribution in [0.15, 0.2) is 24.3 Å². The highest BCUT2D eigenvalue weighted by molar-refractivity contribution is 5.31. The third-order valence-corrected chi connectivity index (χ3v) is 3.79. The van der Waals surface area contributed by atoms with Crippen LogP contribution in [-0.4, -0.2) is 37.0 Å². The molecule has 1 fully saturated rings. The van der Waals surface area contributed by atoms with Gasteiger partial charge in [0.1, 0.15) is 17.6 Å². The number of nitrogens with zero attached hydrogens (tertiary/aromatic N) is 1. The van der Waals surface area contributed by atoms with E-state index in [4.69, 9.17) is 4.74 Å². The van der Waals surface area contributed by atoms with E-state index >= 15 is 0 Å². The third-order valence-electron chi connectivity index (χ3n) is 3.79. The van der Waals surface area contributed by atoms with Crippen molar-refractivity contribution in [2.75, 3.05) is 13.6 Å². The van der Waals surface area contributed by atoms with E-state index in [2.05, 4.69) is 23.6 Å². The van der Waals surface area contributed by atoms with Gasteiger partial charge in [0, 0.05) is 12.6 Å². The highest BCUT2D eigenvalue weighted by Crippen LogP contribution is 2.27. The first kappa shape index (κ1) is 15.9. The number of likely N-dealkylation sites (tertiary alicyclic amines) is 1. The summed E-state index contributed by atoms with van der Waals surface area (Å²) in [6.45, 7) is 3.12. The molecule has 1 aliphatic heterocycles. The molecule has 1 aromatic carbocycles. The number of rotatable bonds is 4. The summed E-state index contributed by atoms with van der Waals surface area (Å²) in [7, 11) is 2.10. The number of hydrogen-bond donors (Lipinski definition) is 0. The average molecular weight is 303 g/mol. The molecule has 1 aliphatic rings. The highest BCUT2D eigenvalue weighted by atomic mass is 19.4. The largest absolute Gasteiger partial charge is 0.573 e. The van der Waals surface area contributed by atoms with E-state index in [1.54, 1.807) is 0 Å². The lowest BCUT2D eigenvalue weighted by molar-refractivity contribution is -0.274. The second-order valence-corrected chi connectivity index (χ2v) is 5.33. The minimum Gasteiger partial charge on any atom is -0.490 e. The van der Waals surface area contributed by atoms with Gasteiger partial charge in [0.25, 0.3) is 0 Å². The molecule has 0 bridgehead atoms. The van der Waals surface area contributed by atoms with E-state index in [9.17, 15) is 13.2 Å². The molecule has 0 radical (unpaired) electrons. The molecule has 0 N–H and O–H groups in total. The molecule has 0 aromatic heterocycles. The van der Waals surface area contributed by atoms with Gasteiger partial charge in [-0.2, -0.15) is 0 Å². The van der Waals surface area contributed by atoms with Crippen molar-refractivity contribution < 1.29 is 22.6 Å².